The van der Waals surface area contributed by atoms with Gasteiger partial charge in [0.05, 0.1) is 0 Å². The summed E-state index contributed by atoms with van der Waals surface area (Å²) in [5.41, 5.74) is 0.639. The summed E-state index contributed by atoms with van der Waals surface area (Å²) in [6.07, 6.45) is 22.5. The van der Waals surface area contributed by atoms with Gasteiger partial charge in [0.15, 0.2) is 0 Å². The lowest BCUT2D eigenvalue weighted by Gasteiger charge is -2.48. The van der Waals surface area contributed by atoms with Crippen molar-refractivity contribution in [3.8, 4) is 0 Å². The summed E-state index contributed by atoms with van der Waals surface area (Å²) in [7, 11) is 1.22. The molecule has 0 amide bonds. The van der Waals surface area contributed by atoms with Crippen LogP contribution in [-0.4, -0.2) is 11.3 Å². The minimum absolute atomic E-state index is 0.639. The van der Waals surface area contributed by atoms with E-state index in [1.807, 2.05) is 13.8 Å². The summed E-state index contributed by atoms with van der Waals surface area (Å²) in [5.74, 6) is 0. The molecule has 0 nitrogen and oxygen atoms in total. The van der Waals surface area contributed by atoms with Crippen LogP contribution in [0.2, 0.25) is 0 Å². The van der Waals surface area contributed by atoms with Gasteiger partial charge in [-0.15, -0.1) is 8.58 Å². The quantitative estimate of drug-likeness (QED) is 0.429. The second-order valence-electron chi connectivity index (χ2n) is 7.96. The van der Waals surface area contributed by atoms with E-state index >= 15 is 0 Å². The Balaban J connectivity index is 0.00000116. The molecule has 0 bridgehead atoms. The van der Waals surface area contributed by atoms with Gasteiger partial charge < -0.3 is 0 Å². The highest BCUT2D eigenvalue weighted by molar-refractivity contribution is 7.40. The van der Waals surface area contributed by atoms with Gasteiger partial charge in [-0.2, -0.15) is 0 Å². The van der Waals surface area contributed by atoms with Crippen molar-refractivity contribution in [3.63, 3.8) is 0 Å². The fourth-order valence-electron chi connectivity index (χ4n) is 4.52. The first-order valence-corrected chi connectivity index (χ1v) is 11.6. The van der Waals surface area contributed by atoms with Crippen molar-refractivity contribution in [1.29, 1.82) is 0 Å². The maximum absolute atomic E-state index is 2.68. The van der Waals surface area contributed by atoms with Crippen LogP contribution >= 0.6 is 8.58 Å². The van der Waals surface area contributed by atoms with Gasteiger partial charge >= 0.3 is 0 Å². The topological polar surface area (TPSA) is 0 Å². The molecule has 2 fully saturated rings. The number of hydrogen-bond donors (Lipinski definition) is 0. The SMILES string of the molecule is CC.CC1(C2(C)CCCCCCCP2)CCCCCCCC1. The van der Waals surface area contributed by atoms with Crippen molar-refractivity contribution in [2.45, 2.75) is 123 Å². The van der Waals surface area contributed by atoms with Gasteiger partial charge in [0, 0.05) is 0 Å². The lowest BCUT2D eigenvalue weighted by atomic mass is 9.68. The summed E-state index contributed by atoms with van der Waals surface area (Å²) in [5, 5.41) is 0.654. The normalized spacial score (nSPS) is 32.2. The molecule has 132 valence electrons. The van der Waals surface area contributed by atoms with E-state index in [-0.39, 0.29) is 0 Å². The lowest BCUT2D eigenvalue weighted by molar-refractivity contribution is 0.174. The molecule has 22 heavy (non-hydrogen) atoms. The summed E-state index contributed by atoms with van der Waals surface area (Å²) in [6, 6.07) is 0. The standard InChI is InChI=1S/C19H37P.C2H6/c1-18(14-10-6-3-4-7-11-15-18)19(2)16-12-8-5-9-13-17-20-19;1-2/h20H,3-17H2,1-2H3;1-2H3. The predicted molar refractivity (Wildman–Crippen MR) is 106 cm³/mol. The second-order valence-corrected chi connectivity index (χ2v) is 9.92. The first kappa shape index (κ1) is 20.5. The van der Waals surface area contributed by atoms with Crippen LogP contribution in [0.1, 0.15) is 118 Å². The molecule has 0 aromatic rings. The molecule has 1 saturated carbocycles. The first-order chi connectivity index (χ1) is 10.7. The zero-order valence-corrected chi connectivity index (χ0v) is 17.1. The number of hydrogen-bond acceptors (Lipinski definition) is 0. The molecule has 0 N–H and O–H groups in total. The van der Waals surface area contributed by atoms with Crippen molar-refractivity contribution in [2.75, 3.05) is 6.16 Å². The molecule has 0 aromatic carbocycles. The van der Waals surface area contributed by atoms with Crippen LogP contribution in [0.5, 0.6) is 0 Å². The van der Waals surface area contributed by atoms with Crippen molar-refractivity contribution in [1.82, 2.24) is 0 Å². The van der Waals surface area contributed by atoms with Crippen LogP contribution in [0.3, 0.4) is 0 Å². The van der Waals surface area contributed by atoms with Crippen LogP contribution in [0.4, 0.5) is 0 Å². The molecular weight excluding hydrogens is 283 g/mol. The average Bonchev–Trinajstić information content (AvgIpc) is 2.71. The smallest absolute Gasteiger partial charge is 0.00964 e. The minimum Gasteiger partial charge on any atom is -0.115 e. The van der Waals surface area contributed by atoms with E-state index in [0.29, 0.717) is 10.6 Å². The van der Waals surface area contributed by atoms with Gasteiger partial charge in [0.2, 0.25) is 0 Å². The second kappa shape index (κ2) is 11.1. The third-order valence-electron chi connectivity index (χ3n) is 6.41. The highest BCUT2D eigenvalue weighted by atomic mass is 31.1. The largest absolute Gasteiger partial charge is 0.115 e. The van der Waals surface area contributed by atoms with Gasteiger partial charge in [-0.05, 0) is 42.4 Å². The van der Waals surface area contributed by atoms with Crippen molar-refractivity contribution < 1.29 is 0 Å². The highest BCUT2D eigenvalue weighted by Crippen LogP contribution is 2.55. The Morgan fingerprint density at radius 1 is 0.545 bits per heavy atom. The van der Waals surface area contributed by atoms with E-state index < -0.39 is 0 Å². The zero-order chi connectivity index (χ0) is 16.3. The van der Waals surface area contributed by atoms with E-state index in [1.54, 1.807) is 0 Å². The Hall–Kier alpha value is 0.430. The third-order valence-corrected chi connectivity index (χ3v) is 8.65. The van der Waals surface area contributed by atoms with Crippen molar-refractivity contribution in [3.05, 3.63) is 0 Å². The van der Waals surface area contributed by atoms with Gasteiger partial charge in [-0.1, -0.05) is 91.9 Å². The van der Waals surface area contributed by atoms with E-state index in [0.717, 1.165) is 0 Å². The monoisotopic (exact) mass is 326 g/mol. The van der Waals surface area contributed by atoms with Crippen LogP contribution < -0.4 is 0 Å². The predicted octanol–water partition coefficient (Wildman–Crippen LogP) is 7.94. The van der Waals surface area contributed by atoms with Crippen LogP contribution in [0, 0.1) is 5.41 Å². The maximum Gasteiger partial charge on any atom is -0.00964 e. The van der Waals surface area contributed by atoms with Gasteiger partial charge in [-0.3, -0.25) is 0 Å². The van der Waals surface area contributed by atoms with E-state index in [4.69, 9.17) is 0 Å². The Morgan fingerprint density at radius 2 is 0.955 bits per heavy atom. The van der Waals surface area contributed by atoms with Gasteiger partial charge in [0.25, 0.3) is 0 Å². The molecule has 2 atom stereocenters. The first-order valence-electron chi connectivity index (χ1n) is 10.4. The Morgan fingerprint density at radius 3 is 1.50 bits per heavy atom. The molecule has 2 unspecified atom stereocenters. The molecule has 1 heterocycles. The van der Waals surface area contributed by atoms with E-state index in [9.17, 15) is 0 Å². The minimum atomic E-state index is 0.639. The zero-order valence-electron chi connectivity index (χ0n) is 16.1. The Labute approximate surface area is 143 Å². The summed E-state index contributed by atoms with van der Waals surface area (Å²) < 4.78 is 0. The molecule has 0 spiro atoms. The van der Waals surface area contributed by atoms with Crippen LogP contribution in [0.15, 0.2) is 0 Å². The lowest BCUT2D eigenvalue weighted by Crippen LogP contribution is -2.40. The molecule has 2 aliphatic rings. The van der Waals surface area contributed by atoms with Crippen LogP contribution in [-0.2, 0) is 0 Å². The average molecular weight is 327 g/mol. The maximum atomic E-state index is 2.68. The molecule has 2 rings (SSSR count). The summed E-state index contributed by atoms with van der Waals surface area (Å²) in [6.45, 7) is 9.35. The van der Waals surface area contributed by atoms with E-state index in [2.05, 4.69) is 13.8 Å². The van der Waals surface area contributed by atoms with Gasteiger partial charge in [0.1, 0.15) is 0 Å². The summed E-state index contributed by atoms with van der Waals surface area (Å²) in [4.78, 5) is 0. The fourth-order valence-corrected chi connectivity index (χ4v) is 6.52. The highest BCUT2D eigenvalue weighted by Gasteiger charge is 2.42. The number of rotatable bonds is 1. The third kappa shape index (κ3) is 6.14. The molecule has 1 aliphatic heterocycles. The van der Waals surface area contributed by atoms with Crippen molar-refractivity contribution in [2.24, 2.45) is 5.41 Å². The molecule has 1 saturated heterocycles. The Kier molecular flexibility index (Phi) is 10.3. The van der Waals surface area contributed by atoms with Crippen LogP contribution in [0.25, 0.3) is 0 Å². The summed E-state index contributed by atoms with van der Waals surface area (Å²) >= 11 is 0. The molecule has 0 aromatic heterocycles. The van der Waals surface area contributed by atoms with Crippen molar-refractivity contribution >= 4 is 8.58 Å². The molecular formula is C21H43P. The molecule has 1 aliphatic carbocycles. The van der Waals surface area contributed by atoms with Gasteiger partial charge in [-0.25, -0.2) is 0 Å². The fraction of sp³-hybridized carbons (Fsp3) is 1.00. The van der Waals surface area contributed by atoms with E-state index in [1.165, 1.54) is 105 Å². The molecule has 1 heteroatoms. The molecule has 0 radical (unpaired) electrons. The Bertz CT molecular complexity index is 223.